The van der Waals surface area contributed by atoms with Gasteiger partial charge in [0.2, 0.25) is 0 Å². The van der Waals surface area contributed by atoms with Gasteiger partial charge in [0.1, 0.15) is 10.0 Å². The lowest BCUT2D eigenvalue weighted by molar-refractivity contribution is 0.100. The number of anilines is 2. The zero-order valence-electron chi connectivity index (χ0n) is 10.3. The predicted molar refractivity (Wildman–Crippen MR) is 72.9 cm³/mol. The number of nitrogens with two attached hydrogens (primary N) is 1. The van der Waals surface area contributed by atoms with Crippen LogP contribution in [0.4, 0.5) is 18.8 Å². The summed E-state index contributed by atoms with van der Waals surface area (Å²) in [5.74, 6) is -0.633. The van der Waals surface area contributed by atoms with Crippen molar-refractivity contribution in [2.75, 3.05) is 30.4 Å². The zero-order chi connectivity index (χ0) is 14.6. The van der Waals surface area contributed by atoms with E-state index in [-0.39, 0.29) is 5.56 Å². The molecule has 0 aliphatic heterocycles. The summed E-state index contributed by atoms with van der Waals surface area (Å²) in [6, 6.07) is 1.39. The molecular formula is C9H14F2N4O2S2. The summed E-state index contributed by atoms with van der Waals surface area (Å²) < 4.78 is 26.2. The Hall–Kier alpha value is -1.10. The number of alkyl halides is 2. The van der Waals surface area contributed by atoms with Crippen molar-refractivity contribution in [1.29, 1.82) is 0 Å². The molecule has 0 fully saturated rings. The van der Waals surface area contributed by atoms with E-state index < -0.39 is 18.9 Å². The molecule has 1 rings (SSSR count). The van der Waals surface area contributed by atoms with Crippen LogP contribution in [0.25, 0.3) is 0 Å². The number of nitrogens with zero attached hydrogens (tertiary/aromatic N) is 2. The SMILES string of the molecule is CNc1sc(N(O)SN(C)CC(F)F)cc1C(N)=O. The van der Waals surface area contributed by atoms with Crippen molar-refractivity contribution in [3.63, 3.8) is 0 Å². The fourth-order valence-corrected chi connectivity index (χ4v) is 2.86. The van der Waals surface area contributed by atoms with Gasteiger partial charge in [0, 0.05) is 7.05 Å². The quantitative estimate of drug-likeness (QED) is 0.526. The fraction of sp³-hybridized carbons (Fsp3) is 0.444. The third-order valence-corrected chi connectivity index (χ3v) is 4.03. The lowest BCUT2D eigenvalue weighted by Crippen LogP contribution is -2.23. The maximum Gasteiger partial charge on any atom is 0.252 e. The maximum atomic E-state index is 12.1. The van der Waals surface area contributed by atoms with Crippen LogP contribution in [0.2, 0.25) is 0 Å². The summed E-state index contributed by atoms with van der Waals surface area (Å²) in [5.41, 5.74) is 5.42. The largest absolute Gasteiger partial charge is 0.379 e. The number of carbonyl (C=O) groups is 1. The summed E-state index contributed by atoms with van der Waals surface area (Å²) in [7, 11) is 3.03. The van der Waals surface area contributed by atoms with Gasteiger partial charge in [-0.15, -0.1) is 0 Å². The minimum atomic E-state index is -2.50. The highest BCUT2D eigenvalue weighted by molar-refractivity contribution is 7.98. The molecule has 0 radical (unpaired) electrons. The molecule has 19 heavy (non-hydrogen) atoms. The molecule has 0 aliphatic carbocycles. The van der Waals surface area contributed by atoms with Crippen molar-refractivity contribution < 1.29 is 18.8 Å². The van der Waals surface area contributed by atoms with Crippen LogP contribution in [-0.2, 0) is 0 Å². The van der Waals surface area contributed by atoms with Crippen molar-refractivity contribution in [2.45, 2.75) is 6.43 Å². The Morgan fingerprint density at radius 1 is 1.68 bits per heavy atom. The molecule has 1 aromatic heterocycles. The van der Waals surface area contributed by atoms with Gasteiger partial charge in [0.15, 0.2) is 0 Å². The van der Waals surface area contributed by atoms with Crippen molar-refractivity contribution >= 4 is 39.4 Å². The Kier molecular flexibility index (Phi) is 5.79. The lowest BCUT2D eigenvalue weighted by atomic mass is 10.3. The second-order valence-corrected chi connectivity index (χ2v) is 5.66. The molecule has 0 atom stereocenters. The molecule has 6 nitrogen and oxygen atoms in total. The number of hydrogen-bond donors (Lipinski definition) is 3. The van der Waals surface area contributed by atoms with E-state index in [0.29, 0.717) is 26.6 Å². The maximum absolute atomic E-state index is 12.1. The molecule has 0 spiro atoms. The Bertz CT molecular complexity index is 444. The number of carbonyl (C=O) groups excluding carboxylic acids is 1. The molecule has 0 saturated carbocycles. The Labute approximate surface area is 117 Å². The van der Waals surface area contributed by atoms with Crippen molar-refractivity contribution in [3.05, 3.63) is 11.6 Å². The van der Waals surface area contributed by atoms with Crippen LogP contribution < -0.4 is 15.5 Å². The number of amides is 1. The van der Waals surface area contributed by atoms with E-state index in [2.05, 4.69) is 5.32 Å². The average molecular weight is 312 g/mol. The first-order chi connectivity index (χ1) is 8.85. The highest BCUT2D eigenvalue weighted by Gasteiger charge is 2.19. The van der Waals surface area contributed by atoms with E-state index in [1.54, 1.807) is 7.05 Å². The smallest absolute Gasteiger partial charge is 0.252 e. The molecule has 10 heteroatoms. The Morgan fingerprint density at radius 2 is 2.32 bits per heavy atom. The van der Waals surface area contributed by atoms with Crippen molar-refractivity contribution in [1.82, 2.24) is 4.31 Å². The molecule has 1 aromatic rings. The lowest BCUT2D eigenvalue weighted by Gasteiger charge is -2.20. The number of primary amides is 1. The van der Waals surface area contributed by atoms with Gasteiger partial charge < -0.3 is 11.1 Å². The number of hydrogen-bond acceptors (Lipinski definition) is 7. The van der Waals surface area contributed by atoms with Gasteiger partial charge in [-0.2, -0.15) is 4.47 Å². The molecule has 1 amide bonds. The van der Waals surface area contributed by atoms with E-state index in [9.17, 15) is 18.8 Å². The first-order valence-electron chi connectivity index (χ1n) is 5.13. The van der Waals surface area contributed by atoms with Gasteiger partial charge >= 0.3 is 0 Å². The second-order valence-electron chi connectivity index (χ2n) is 3.50. The minimum absolute atomic E-state index is 0.235. The van der Waals surface area contributed by atoms with Crippen molar-refractivity contribution in [3.8, 4) is 0 Å². The summed E-state index contributed by atoms with van der Waals surface area (Å²) in [6.45, 7) is -0.491. The van der Waals surface area contributed by atoms with E-state index in [4.69, 9.17) is 5.73 Å². The first kappa shape index (κ1) is 16.0. The van der Waals surface area contributed by atoms with E-state index in [1.165, 1.54) is 17.4 Å². The zero-order valence-corrected chi connectivity index (χ0v) is 11.9. The van der Waals surface area contributed by atoms with Crippen LogP contribution in [0, 0.1) is 0 Å². The number of halogens is 2. The first-order valence-corrected chi connectivity index (χ1v) is 6.67. The number of rotatable bonds is 7. The van der Waals surface area contributed by atoms with Crippen LogP contribution in [0.1, 0.15) is 10.4 Å². The molecular weight excluding hydrogens is 298 g/mol. The summed E-state index contributed by atoms with van der Waals surface area (Å²) >= 11 is 1.78. The van der Waals surface area contributed by atoms with Gasteiger partial charge in [-0.05, 0) is 13.1 Å². The highest BCUT2D eigenvalue weighted by Crippen LogP contribution is 2.36. The fourth-order valence-electron chi connectivity index (χ4n) is 1.24. The third kappa shape index (κ3) is 4.49. The van der Waals surface area contributed by atoms with Gasteiger partial charge in [0.05, 0.1) is 24.2 Å². The molecule has 0 aliphatic rings. The van der Waals surface area contributed by atoms with E-state index in [1.807, 2.05) is 0 Å². The second kappa shape index (κ2) is 6.89. The van der Waals surface area contributed by atoms with Gasteiger partial charge in [0.25, 0.3) is 12.3 Å². The van der Waals surface area contributed by atoms with Crippen LogP contribution in [0.5, 0.6) is 0 Å². The van der Waals surface area contributed by atoms with Gasteiger partial charge in [-0.1, -0.05) is 11.3 Å². The van der Waals surface area contributed by atoms with Crippen molar-refractivity contribution in [2.24, 2.45) is 5.73 Å². The Balaban J connectivity index is 2.77. The molecule has 0 unspecified atom stereocenters. The van der Waals surface area contributed by atoms with E-state index >= 15 is 0 Å². The standard InChI is InChI=1S/C9H14F2N4O2S2/c1-13-9-5(8(12)16)3-7(18-9)15(17)19-14(2)4-6(10)11/h3,6,13,17H,4H2,1-2H3,(H2,12,16). The summed E-state index contributed by atoms with van der Waals surface area (Å²) in [4.78, 5) is 11.2. The molecule has 0 aromatic carbocycles. The van der Waals surface area contributed by atoms with Crippen LogP contribution in [-0.4, -0.2) is 42.5 Å². The molecule has 0 bridgehead atoms. The third-order valence-electron chi connectivity index (χ3n) is 2.01. The Morgan fingerprint density at radius 3 is 2.74 bits per heavy atom. The molecule has 1 heterocycles. The topological polar surface area (TPSA) is 81.8 Å². The average Bonchev–Trinajstić information content (AvgIpc) is 2.71. The summed E-state index contributed by atoms with van der Waals surface area (Å²) in [6.07, 6.45) is -2.50. The molecule has 4 N–H and O–H groups in total. The van der Waals surface area contributed by atoms with Crippen LogP contribution in [0.15, 0.2) is 6.07 Å². The number of thiophene rings is 1. The van der Waals surface area contributed by atoms with E-state index in [0.717, 1.165) is 11.3 Å². The monoisotopic (exact) mass is 312 g/mol. The normalized spacial score (nSPS) is 11.1. The minimum Gasteiger partial charge on any atom is -0.379 e. The number of nitrogens with one attached hydrogen (secondary N) is 1. The predicted octanol–water partition coefficient (Wildman–Crippen LogP) is 1.84. The van der Waals surface area contributed by atoms with Gasteiger partial charge in [-0.25, -0.2) is 13.1 Å². The van der Waals surface area contributed by atoms with Crippen LogP contribution in [0.3, 0.4) is 0 Å². The summed E-state index contributed by atoms with van der Waals surface area (Å²) in [5, 5.41) is 13.3. The molecule has 0 saturated heterocycles. The molecule has 108 valence electrons. The highest BCUT2D eigenvalue weighted by atomic mass is 32.2. The van der Waals surface area contributed by atoms with Crippen LogP contribution >= 0.6 is 23.5 Å². The van der Waals surface area contributed by atoms with Gasteiger partial charge in [-0.3, -0.25) is 10.0 Å².